The molecule has 1 aliphatic heterocycles. The zero-order valence-electron chi connectivity index (χ0n) is 13.8. The Balaban J connectivity index is 1.43. The first kappa shape index (κ1) is 16.4. The Hall–Kier alpha value is -2.46. The number of nitrogens with one attached hydrogen (secondary N) is 1. The van der Waals surface area contributed by atoms with Crippen molar-refractivity contribution in [3.8, 4) is 0 Å². The number of carbonyl (C=O) groups is 1. The Morgan fingerprint density at radius 1 is 0.917 bits per heavy atom. The molecule has 0 bridgehead atoms. The van der Waals surface area contributed by atoms with Gasteiger partial charge in [-0.15, -0.1) is 0 Å². The average molecular weight is 321 g/mol. The summed E-state index contributed by atoms with van der Waals surface area (Å²) < 4.78 is 0. The van der Waals surface area contributed by atoms with Crippen LogP contribution in [0.15, 0.2) is 65.8 Å². The lowest BCUT2D eigenvalue weighted by Gasteiger charge is -2.27. The molecule has 1 fully saturated rings. The molecule has 1 saturated heterocycles. The van der Waals surface area contributed by atoms with Gasteiger partial charge in [0.05, 0.1) is 6.42 Å². The summed E-state index contributed by atoms with van der Waals surface area (Å²) in [7, 11) is 0. The number of likely N-dealkylation sites (tertiary alicyclic amines) is 1. The summed E-state index contributed by atoms with van der Waals surface area (Å²) in [5.41, 5.74) is 6.13. The van der Waals surface area contributed by atoms with Crippen LogP contribution in [0.5, 0.6) is 0 Å². The van der Waals surface area contributed by atoms with Crippen LogP contribution in [-0.4, -0.2) is 29.6 Å². The highest BCUT2D eigenvalue weighted by atomic mass is 16.2. The van der Waals surface area contributed by atoms with E-state index in [0.29, 0.717) is 6.42 Å². The third kappa shape index (κ3) is 5.03. The molecule has 4 heteroatoms. The lowest BCUT2D eigenvalue weighted by molar-refractivity contribution is -0.120. The van der Waals surface area contributed by atoms with E-state index in [1.807, 2.05) is 36.4 Å². The molecular weight excluding hydrogens is 298 g/mol. The second-order valence-corrected chi connectivity index (χ2v) is 6.14. The summed E-state index contributed by atoms with van der Waals surface area (Å²) in [4.78, 5) is 14.4. The molecule has 0 aliphatic carbocycles. The van der Waals surface area contributed by atoms with Crippen LogP contribution in [-0.2, 0) is 17.8 Å². The smallest absolute Gasteiger partial charge is 0.244 e. The molecule has 1 aliphatic rings. The lowest BCUT2D eigenvalue weighted by atomic mass is 10.1. The van der Waals surface area contributed by atoms with E-state index in [0.717, 1.165) is 43.8 Å². The van der Waals surface area contributed by atoms with Crippen LogP contribution < -0.4 is 5.43 Å². The number of amides is 1. The maximum Gasteiger partial charge on any atom is 0.244 e. The summed E-state index contributed by atoms with van der Waals surface area (Å²) in [6, 6.07) is 20.3. The van der Waals surface area contributed by atoms with Crippen LogP contribution in [0.1, 0.15) is 24.0 Å². The number of piperidine rings is 1. The van der Waals surface area contributed by atoms with Gasteiger partial charge in [-0.3, -0.25) is 9.69 Å². The summed E-state index contributed by atoms with van der Waals surface area (Å²) >= 11 is 0. The van der Waals surface area contributed by atoms with Crippen molar-refractivity contribution in [1.29, 1.82) is 0 Å². The van der Waals surface area contributed by atoms with Crippen LogP contribution in [0, 0.1) is 0 Å². The van der Waals surface area contributed by atoms with E-state index in [4.69, 9.17) is 0 Å². The molecule has 1 N–H and O–H groups in total. The van der Waals surface area contributed by atoms with Crippen LogP contribution in [0.2, 0.25) is 0 Å². The zero-order valence-corrected chi connectivity index (χ0v) is 13.8. The second-order valence-electron chi connectivity index (χ2n) is 6.14. The number of hydrazone groups is 1. The molecule has 3 rings (SSSR count). The molecule has 124 valence electrons. The van der Waals surface area contributed by atoms with E-state index < -0.39 is 0 Å². The van der Waals surface area contributed by atoms with Crippen molar-refractivity contribution in [2.24, 2.45) is 5.10 Å². The SMILES string of the molecule is O=C(Cc1ccccc1)NN=C1CCN(Cc2ccccc2)CC1. The Morgan fingerprint density at radius 3 is 2.12 bits per heavy atom. The van der Waals surface area contributed by atoms with Crippen molar-refractivity contribution in [3.05, 3.63) is 71.8 Å². The summed E-state index contributed by atoms with van der Waals surface area (Å²) in [5, 5.41) is 4.31. The van der Waals surface area contributed by atoms with Gasteiger partial charge in [-0.05, 0) is 11.1 Å². The summed E-state index contributed by atoms with van der Waals surface area (Å²) in [6.45, 7) is 2.96. The van der Waals surface area contributed by atoms with E-state index in [1.165, 1.54) is 5.56 Å². The summed E-state index contributed by atoms with van der Waals surface area (Å²) in [6.07, 6.45) is 2.20. The minimum absolute atomic E-state index is 0.0552. The highest BCUT2D eigenvalue weighted by Gasteiger charge is 2.15. The van der Waals surface area contributed by atoms with Crippen LogP contribution in [0.3, 0.4) is 0 Å². The predicted molar refractivity (Wildman–Crippen MR) is 96.7 cm³/mol. The maximum atomic E-state index is 11.9. The van der Waals surface area contributed by atoms with Gasteiger partial charge in [0.15, 0.2) is 0 Å². The highest BCUT2D eigenvalue weighted by Crippen LogP contribution is 2.11. The zero-order chi connectivity index (χ0) is 16.6. The quantitative estimate of drug-likeness (QED) is 0.861. The number of benzene rings is 2. The van der Waals surface area contributed by atoms with Gasteiger partial charge in [-0.25, -0.2) is 5.43 Å². The predicted octanol–water partition coefficient (Wildman–Crippen LogP) is 3.00. The van der Waals surface area contributed by atoms with Crippen LogP contribution >= 0.6 is 0 Å². The molecule has 1 heterocycles. The van der Waals surface area contributed by atoms with Gasteiger partial charge < -0.3 is 0 Å². The molecule has 0 radical (unpaired) electrons. The second kappa shape index (κ2) is 8.41. The van der Waals surface area contributed by atoms with Gasteiger partial charge in [0.25, 0.3) is 0 Å². The number of carbonyl (C=O) groups excluding carboxylic acids is 1. The molecule has 0 atom stereocenters. The highest BCUT2D eigenvalue weighted by molar-refractivity contribution is 5.87. The normalized spacial score (nSPS) is 15.1. The molecule has 0 spiro atoms. The number of hydrogen-bond donors (Lipinski definition) is 1. The Kier molecular flexibility index (Phi) is 5.75. The van der Waals surface area contributed by atoms with Crippen molar-refractivity contribution in [1.82, 2.24) is 10.3 Å². The molecule has 2 aromatic rings. The Morgan fingerprint density at radius 2 is 1.50 bits per heavy atom. The van der Waals surface area contributed by atoms with Crippen molar-refractivity contribution in [2.45, 2.75) is 25.8 Å². The van der Waals surface area contributed by atoms with Crippen LogP contribution in [0.25, 0.3) is 0 Å². The fraction of sp³-hybridized carbons (Fsp3) is 0.300. The van der Waals surface area contributed by atoms with Gasteiger partial charge in [-0.2, -0.15) is 5.10 Å². The van der Waals surface area contributed by atoms with Gasteiger partial charge >= 0.3 is 0 Å². The van der Waals surface area contributed by atoms with E-state index in [2.05, 4.69) is 39.7 Å². The molecule has 0 unspecified atom stereocenters. The van der Waals surface area contributed by atoms with E-state index >= 15 is 0 Å². The summed E-state index contributed by atoms with van der Waals surface area (Å²) in [5.74, 6) is -0.0552. The third-order valence-electron chi connectivity index (χ3n) is 4.23. The molecule has 1 amide bonds. The van der Waals surface area contributed by atoms with Gasteiger partial charge in [0, 0.05) is 38.2 Å². The van der Waals surface area contributed by atoms with E-state index in [1.54, 1.807) is 0 Å². The fourth-order valence-electron chi connectivity index (χ4n) is 2.88. The molecule has 0 saturated carbocycles. The minimum atomic E-state index is -0.0552. The standard InChI is InChI=1S/C20H23N3O/c24-20(15-17-7-3-1-4-8-17)22-21-19-11-13-23(14-12-19)16-18-9-5-2-6-10-18/h1-10H,11-16H2,(H,22,24). The molecule has 24 heavy (non-hydrogen) atoms. The lowest BCUT2D eigenvalue weighted by Crippen LogP contribution is -2.34. The monoisotopic (exact) mass is 321 g/mol. The Labute approximate surface area is 143 Å². The fourth-order valence-corrected chi connectivity index (χ4v) is 2.88. The average Bonchev–Trinajstić information content (AvgIpc) is 2.63. The molecule has 2 aromatic carbocycles. The maximum absolute atomic E-state index is 11.9. The Bertz CT molecular complexity index is 673. The van der Waals surface area contributed by atoms with E-state index in [9.17, 15) is 4.79 Å². The van der Waals surface area contributed by atoms with Crippen molar-refractivity contribution in [2.75, 3.05) is 13.1 Å². The van der Waals surface area contributed by atoms with Gasteiger partial charge in [0.1, 0.15) is 0 Å². The largest absolute Gasteiger partial charge is 0.298 e. The first-order valence-electron chi connectivity index (χ1n) is 8.44. The van der Waals surface area contributed by atoms with E-state index in [-0.39, 0.29) is 5.91 Å². The molecule has 4 nitrogen and oxygen atoms in total. The minimum Gasteiger partial charge on any atom is -0.298 e. The first-order chi connectivity index (χ1) is 11.8. The number of nitrogens with zero attached hydrogens (tertiary/aromatic N) is 2. The number of rotatable bonds is 5. The van der Waals surface area contributed by atoms with Crippen LogP contribution in [0.4, 0.5) is 0 Å². The van der Waals surface area contributed by atoms with Crippen molar-refractivity contribution >= 4 is 11.6 Å². The van der Waals surface area contributed by atoms with Gasteiger partial charge in [-0.1, -0.05) is 60.7 Å². The number of hydrogen-bond acceptors (Lipinski definition) is 3. The molecular formula is C20H23N3O. The molecule has 0 aromatic heterocycles. The van der Waals surface area contributed by atoms with Crippen molar-refractivity contribution < 1.29 is 4.79 Å². The van der Waals surface area contributed by atoms with Gasteiger partial charge in [0.2, 0.25) is 5.91 Å². The first-order valence-corrected chi connectivity index (χ1v) is 8.44. The van der Waals surface area contributed by atoms with Crippen molar-refractivity contribution in [3.63, 3.8) is 0 Å². The third-order valence-corrected chi connectivity index (χ3v) is 4.23. The topological polar surface area (TPSA) is 44.7 Å².